The molecule has 3 unspecified atom stereocenters. The summed E-state index contributed by atoms with van der Waals surface area (Å²) in [6.45, 7) is 6.36. The predicted molar refractivity (Wildman–Crippen MR) is 77.5 cm³/mol. The number of nitrogens with zero attached hydrogens (tertiary/aromatic N) is 2. The van der Waals surface area contributed by atoms with Gasteiger partial charge in [-0.25, -0.2) is 0 Å². The fourth-order valence-corrected chi connectivity index (χ4v) is 3.39. The molecule has 0 spiro atoms. The van der Waals surface area contributed by atoms with Crippen LogP contribution in [0.1, 0.15) is 33.1 Å². The van der Waals surface area contributed by atoms with Crippen LogP contribution in [0.5, 0.6) is 0 Å². The summed E-state index contributed by atoms with van der Waals surface area (Å²) in [6.07, 6.45) is 2.37. The van der Waals surface area contributed by atoms with Gasteiger partial charge in [-0.15, -0.1) is 0 Å². The number of rotatable bonds is 7. The van der Waals surface area contributed by atoms with Crippen LogP contribution in [-0.2, 0) is 4.79 Å². The van der Waals surface area contributed by atoms with Crippen molar-refractivity contribution in [2.45, 2.75) is 50.7 Å². The fourth-order valence-electron chi connectivity index (χ4n) is 3.39. The first-order valence-electron chi connectivity index (χ1n) is 7.19. The maximum Gasteiger partial charge on any atom is 0.323 e. The van der Waals surface area contributed by atoms with Crippen LogP contribution in [0, 0.1) is 0 Å². The number of aliphatic carboxylic acids is 1. The second-order valence-electron chi connectivity index (χ2n) is 5.98. The number of nitrogens with one attached hydrogen (secondary N) is 1. The van der Waals surface area contributed by atoms with Gasteiger partial charge in [-0.05, 0) is 53.9 Å². The number of hydrogen-bond donors (Lipinski definition) is 2. The van der Waals surface area contributed by atoms with Crippen LogP contribution in [0.3, 0.4) is 0 Å². The molecule has 0 aromatic rings. The topological polar surface area (TPSA) is 55.8 Å². The highest BCUT2D eigenvalue weighted by Gasteiger charge is 2.46. The predicted octanol–water partition coefficient (Wildman–Crippen LogP) is 0.854. The molecule has 112 valence electrons. The largest absolute Gasteiger partial charge is 0.480 e. The first-order chi connectivity index (χ1) is 8.86. The Balaban J connectivity index is 2.72. The van der Waals surface area contributed by atoms with Gasteiger partial charge in [0.05, 0.1) is 0 Å². The van der Waals surface area contributed by atoms with E-state index in [1.807, 2.05) is 0 Å². The molecule has 2 N–H and O–H groups in total. The van der Waals surface area contributed by atoms with Crippen LogP contribution in [-0.4, -0.2) is 72.7 Å². The van der Waals surface area contributed by atoms with E-state index in [4.69, 9.17) is 0 Å². The zero-order valence-electron chi connectivity index (χ0n) is 12.9. The maximum atomic E-state index is 11.5. The molecule has 0 aliphatic heterocycles. The Morgan fingerprint density at radius 2 is 2.16 bits per heavy atom. The van der Waals surface area contributed by atoms with E-state index in [1.165, 1.54) is 0 Å². The molecule has 1 rings (SSSR count). The monoisotopic (exact) mass is 271 g/mol. The van der Waals surface area contributed by atoms with Crippen LogP contribution < -0.4 is 5.32 Å². The average Bonchev–Trinajstić information content (AvgIpc) is 2.74. The molecule has 1 aliphatic carbocycles. The number of likely N-dealkylation sites (N-methyl/N-ethyl adjacent to an activating group) is 3. The van der Waals surface area contributed by atoms with Crippen molar-refractivity contribution in [2.24, 2.45) is 0 Å². The molecule has 0 amide bonds. The first kappa shape index (κ1) is 16.4. The third kappa shape index (κ3) is 3.68. The molecule has 0 radical (unpaired) electrons. The molecule has 0 aromatic carbocycles. The summed E-state index contributed by atoms with van der Waals surface area (Å²) in [4.78, 5) is 16.1. The lowest BCUT2D eigenvalue weighted by Crippen LogP contribution is -2.51. The molecule has 1 aliphatic rings. The highest BCUT2D eigenvalue weighted by Crippen LogP contribution is 2.34. The number of hydrogen-bond acceptors (Lipinski definition) is 4. The number of carboxylic acid groups (broad SMARTS) is 1. The van der Waals surface area contributed by atoms with Gasteiger partial charge in [0.25, 0.3) is 0 Å². The minimum absolute atomic E-state index is 0.364. The fraction of sp³-hybridized carbons (Fsp3) is 0.929. The van der Waals surface area contributed by atoms with E-state index in [-0.39, 0.29) is 0 Å². The second kappa shape index (κ2) is 6.68. The highest BCUT2D eigenvalue weighted by atomic mass is 16.4. The van der Waals surface area contributed by atoms with Crippen molar-refractivity contribution in [3.8, 4) is 0 Å². The zero-order valence-corrected chi connectivity index (χ0v) is 12.9. The molecule has 3 atom stereocenters. The highest BCUT2D eigenvalue weighted by molar-refractivity contribution is 5.79. The molecule has 0 saturated heterocycles. The van der Waals surface area contributed by atoms with E-state index in [9.17, 15) is 9.90 Å². The Labute approximate surface area is 117 Å². The van der Waals surface area contributed by atoms with Crippen molar-refractivity contribution in [1.82, 2.24) is 15.1 Å². The molecule has 0 bridgehead atoms. The number of carboxylic acids is 1. The van der Waals surface area contributed by atoms with Crippen LogP contribution in [0.25, 0.3) is 0 Å². The normalized spacial score (nSPS) is 29.1. The van der Waals surface area contributed by atoms with E-state index >= 15 is 0 Å². The van der Waals surface area contributed by atoms with Crippen molar-refractivity contribution in [2.75, 3.05) is 34.2 Å². The molecular weight excluding hydrogens is 242 g/mol. The van der Waals surface area contributed by atoms with E-state index < -0.39 is 11.5 Å². The van der Waals surface area contributed by atoms with Crippen molar-refractivity contribution < 1.29 is 9.90 Å². The van der Waals surface area contributed by atoms with Crippen molar-refractivity contribution in [1.29, 1.82) is 0 Å². The minimum atomic E-state index is -0.726. The van der Waals surface area contributed by atoms with Crippen molar-refractivity contribution in [3.05, 3.63) is 0 Å². The molecule has 1 fully saturated rings. The SMILES string of the molecule is CCN(C(C)CN(C)C)C1CCC(NC)(C(=O)O)C1. The first-order valence-corrected chi connectivity index (χ1v) is 7.19. The smallest absolute Gasteiger partial charge is 0.323 e. The van der Waals surface area contributed by atoms with E-state index in [2.05, 4.69) is 43.1 Å². The zero-order chi connectivity index (χ0) is 14.6. The Bertz CT molecular complexity index is 309. The van der Waals surface area contributed by atoms with Gasteiger partial charge in [-0.3, -0.25) is 9.69 Å². The summed E-state index contributed by atoms with van der Waals surface area (Å²) in [5, 5.41) is 12.5. The van der Waals surface area contributed by atoms with Crippen LogP contribution >= 0.6 is 0 Å². The molecule has 1 saturated carbocycles. The van der Waals surface area contributed by atoms with Gasteiger partial charge in [0.15, 0.2) is 0 Å². The van der Waals surface area contributed by atoms with E-state index in [1.54, 1.807) is 7.05 Å². The van der Waals surface area contributed by atoms with Gasteiger partial charge < -0.3 is 15.3 Å². The summed E-state index contributed by atoms with van der Waals surface area (Å²) >= 11 is 0. The van der Waals surface area contributed by atoms with E-state index in [0.717, 1.165) is 19.5 Å². The van der Waals surface area contributed by atoms with Gasteiger partial charge in [0.1, 0.15) is 5.54 Å². The van der Waals surface area contributed by atoms with Gasteiger partial charge in [-0.2, -0.15) is 0 Å². The molecule has 5 heteroatoms. The third-order valence-electron chi connectivity index (χ3n) is 4.41. The van der Waals surface area contributed by atoms with Gasteiger partial charge >= 0.3 is 5.97 Å². The molecule has 0 aromatic heterocycles. The molecule has 5 nitrogen and oxygen atoms in total. The van der Waals surface area contributed by atoms with Gasteiger partial charge in [-0.1, -0.05) is 6.92 Å². The standard InChI is InChI=1S/C14H29N3O2/c1-6-17(11(2)10-16(4)5)12-7-8-14(9-12,15-3)13(18)19/h11-12,15H,6-10H2,1-5H3,(H,18,19). The van der Waals surface area contributed by atoms with Crippen LogP contribution in [0.2, 0.25) is 0 Å². The van der Waals surface area contributed by atoms with Gasteiger partial charge in [0.2, 0.25) is 0 Å². The van der Waals surface area contributed by atoms with Crippen LogP contribution in [0.15, 0.2) is 0 Å². The lowest BCUT2D eigenvalue weighted by molar-refractivity contribution is -0.144. The molecule has 19 heavy (non-hydrogen) atoms. The maximum absolute atomic E-state index is 11.5. The van der Waals surface area contributed by atoms with Crippen molar-refractivity contribution in [3.63, 3.8) is 0 Å². The summed E-state index contributed by atoms with van der Waals surface area (Å²) in [5.41, 5.74) is -0.726. The van der Waals surface area contributed by atoms with Crippen LogP contribution in [0.4, 0.5) is 0 Å². The molecule has 0 heterocycles. The quantitative estimate of drug-likeness (QED) is 0.719. The van der Waals surface area contributed by atoms with Gasteiger partial charge in [0, 0.05) is 18.6 Å². The summed E-state index contributed by atoms with van der Waals surface area (Å²) in [6, 6.07) is 0.815. The van der Waals surface area contributed by atoms with Crippen molar-refractivity contribution >= 4 is 5.97 Å². The summed E-state index contributed by atoms with van der Waals surface area (Å²) in [7, 11) is 5.91. The molecular formula is C14H29N3O2. The summed E-state index contributed by atoms with van der Waals surface area (Å²) < 4.78 is 0. The Kier molecular flexibility index (Phi) is 5.77. The van der Waals surface area contributed by atoms with E-state index in [0.29, 0.717) is 24.9 Å². The number of carbonyl (C=O) groups is 1. The summed E-state index contributed by atoms with van der Waals surface area (Å²) in [5.74, 6) is -0.714. The minimum Gasteiger partial charge on any atom is -0.480 e. The lowest BCUT2D eigenvalue weighted by atomic mass is 9.97. The second-order valence-corrected chi connectivity index (χ2v) is 5.98. The third-order valence-corrected chi connectivity index (χ3v) is 4.41. The lowest BCUT2D eigenvalue weighted by Gasteiger charge is -2.35. The Morgan fingerprint density at radius 3 is 2.53 bits per heavy atom. The Morgan fingerprint density at radius 1 is 1.53 bits per heavy atom. The average molecular weight is 271 g/mol. The Hall–Kier alpha value is -0.650.